The molecule has 2 aromatic carbocycles. The summed E-state index contributed by atoms with van der Waals surface area (Å²) in [5.41, 5.74) is 0.871. The molecule has 9 heteroatoms. The summed E-state index contributed by atoms with van der Waals surface area (Å²) in [6.45, 7) is 12.2. The lowest BCUT2D eigenvalue weighted by Gasteiger charge is -2.33. The van der Waals surface area contributed by atoms with Gasteiger partial charge >= 0.3 is 6.09 Å². The fourth-order valence-corrected chi connectivity index (χ4v) is 4.08. The van der Waals surface area contributed by atoms with Gasteiger partial charge in [-0.3, -0.25) is 14.5 Å². The molecular weight excluding hydrogens is 506 g/mol. The van der Waals surface area contributed by atoms with Gasteiger partial charge < -0.3 is 20.5 Å². The highest BCUT2D eigenvalue weighted by molar-refractivity contribution is 6.34. The molecule has 3 unspecified atom stereocenters. The summed E-state index contributed by atoms with van der Waals surface area (Å²) in [6.07, 6.45) is 5.56. The van der Waals surface area contributed by atoms with Gasteiger partial charge in [0.25, 0.3) is 11.8 Å². The second-order valence-electron chi connectivity index (χ2n) is 10.2. The van der Waals surface area contributed by atoms with Gasteiger partial charge in [-0.05, 0) is 57.7 Å². The maximum atomic E-state index is 13.9. The highest BCUT2D eigenvalue weighted by Crippen LogP contribution is 2.34. The van der Waals surface area contributed by atoms with Crippen molar-refractivity contribution in [2.75, 3.05) is 5.32 Å². The number of hydrogen-bond donors (Lipinski definition) is 3. The van der Waals surface area contributed by atoms with Crippen molar-refractivity contribution in [1.29, 1.82) is 0 Å². The first-order valence-electron chi connectivity index (χ1n) is 12.3. The average Bonchev–Trinajstić information content (AvgIpc) is 2.83. The van der Waals surface area contributed by atoms with Crippen LogP contribution < -0.4 is 10.6 Å². The fourth-order valence-electron chi connectivity index (χ4n) is 3.81. The first-order valence-corrected chi connectivity index (χ1v) is 12.7. The Morgan fingerprint density at radius 3 is 2.29 bits per heavy atom. The normalized spacial score (nSPS) is 13.4. The number of halogens is 1. The first kappa shape index (κ1) is 30.5. The number of phenols is 1. The number of phenolic OH excluding ortho intramolecular Hbond substituents is 1. The van der Waals surface area contributed by atoms with Crippen LogP contribution in [0.2, 0.25) is 5.02 Å². The predicted octanol–water partition coefficient (Wildman–Crippen LogP) is 5.70. The summed E-state index contributed by atoms with van der Waals surface area (Å²) in [6, 6.07) is 9.74. The molecule has 0 heterocycles. The summed E-state index contributed by atoms with van der Waals surface area (Å²) >= 11 is 6.33. The largest absolute Gasteiger partial charge is 0.507 e. The molecule has 0 radical (unpaired) electrons. The molecule has 8 nitrogen and oxygen atoms in total. The van der Waals surface area contributed by atoms with Gasteiger partial charge in [-0.1, -0.05) is 68.6 Å². The Balaban J connectivity index is 2.59. The van der Waals surface area contributed by atoms with Crippen LogP contribution in [0.25, 0.3) is 0 Å². The molecule has 0 aliphatic carbocycles. The lowest BCUT2D eigenvalue weighted by molar-refractivity contribution is -0.137. The van der Waals surface area contributed by atoms with E-state index in [4.69, 9.17) is 22.8 Å². The lowest BCUT2D eigenvalue weighted by atomic mass is 9.95. The van der Waals surface area contributed by atoms with Gasteiger partial charge in [-0.25, -0.2) is 4.79 Å². The number of benzene rings is 2. The average molecular weight is 542 g/mol. The lowest BCUT2D eigenvalue weighted by Crippen LogP contribution is -2.53. The summed E-state index contributed by atoms with van der Waals surface area (Å²) < 4.78 is 5.35. The van der Waals surface area contributed by atoms with E-state index in [0.717, 1.165) is 4.90 Å². The van der Waals surface area contributed by atoms with E-state index in [1.54, 1.807) is 71.9 Å². The molecule has 38 heavy (non-hydrogen) atoms. The van der Waals surface area contributed by atoms with Crippen molar-refractivity contribution in [2.45, 2.75) is 72.6 Å². The smallest absolute Gasteiger partial charge is 0.408 e. The summed E-state index contributed by atoms with van der Waals surface area (Å²) in [5.74, 6) is -1.93. The Morgan fingerprint density at radius 1 is 1.13 bits per heavy atom. The first-order chi connectivity index (χ1) is 17.7. The molecule has 3 amide bonds. The number of ether oxygens (including phenoxy) is 1. The molecule has 0 aliphatic rings. The van der Waals surface area contributed by atoms with Crippen molar-refractivity contribution in [3.8, 4) is 18.2 Å². The minimum absolute atomic E-state index is 0.124. The van der Waals surface area contributed by atoms with Gasteiger partial charge in [0.1, 0.15) is 17.4 Å². The molecule has 0 aromatic heterocycles. The number of aromatic hydroxyl groups is 1. The molecule has 0 fully saturated rings. The highest BCUT2D eigenvalue weighted by atomic mass is 35.5. The molecule has 0 bridgehead atoms. The maximum Gasteiger partial charge on any atom is 0.408 e. The Morgan fingerprint density at radius 2 is 1.74 bits per heavy atom. The van der Waals surface area contributed by atoms with E-state index in [1.807, 2.05) is 6.92 Å². The van der Waals surface area contributed by atoms with Gasteiger partial charge in [-0.15, -0.1) is 0 Å². The van der Waals surface area contributed by atoms with Crippen molar-refractivity contribution < 1.29 is 24.2 Å². The van der Waals surface area contributed by atoms with E-state index in [9.17, 15) is 19.5 Å². The van der Waals surface area contributed by atoms with E-state index < -0.39 is 35.6 Å². The van der Waals surface area contributed by atoms with Crippen molar-refractivity contribution in [1.82, 2.24) is 10.2 Å². The number of carbonyl (C=O) groups is 3. The van der Waals surface area contributed by atoms with Gasteiger partial charge in [0.2, 0.25) is 0 Å². The number of para-hydroxylation sites is 2. The van der Waals surface area contributed by atoms with Crippen LogP contribution in [0.1, 0.15) is 63.8 Å². The fraction of sp³-hybridized carbons (Fsp3) is 0.414. The second kappa shape index (κ2) is 12.7. The van der Waals surface area contributed by atoms with Gasteiger partial charge in [-0.2, -0.15) is 0 Å². The molecule has 3 N–H and O–H groups in total. The standard InChI is InChI=1S/C29H36ClN3O5/c1-9-17(3)23(32-28(37)38-29(6,7)8)27(36)33(10-2)24(20-15-11-14-19(5)25(20)34)26(35)31-22-18(4)13-12-16-21(22)30/h2,11-17,23-24,34H,9H2,1,3-8H3,(H,31,35)(H,32,37). The molecule has 3 atom stereocenters. The number of rotatable bonds is 8. The zero-order chi connectivity index (χ0) is 28.8. The zero-order valence-electron chi connectivity index (χ0n) is 22.9. The van der Waals surface area contributed by atoms with Gasteiger partial charge in [0.05, 0.1) is 10.7 Å². The Hall–Kier alpha value is -3.70. The van der Waals surface area contributed by atoms with Crippen molar-refractivity contribution in [2.24, 2.45) is 5.92 Å². The van der Waals surface area contributed by atoms with Crippen molar-refractivity contribution in [3.05, 3.63) is 58.1 Å². The number of carbonyl (C=O) groups excluding carboxylic acids is 3. The third-order valence-corrected chi connectivity index (χ3v) is 6.38. The summed E-state index contributed by atoms with van der Waals surface area (Å²) in [7, 11) is 0. The van der Waals surface area contributed by atoms with Gasteiger partial charge in [0, 0.05) is 11.6 Å². The Bertz CT molecular complexity index is 1210. The van der Waals surface area contributed by atoms with Crippen molar-refractivity contribution >= 4 is 35.2 Å². The molecular formula is C29H36ClN3O5. The van der Waals surface area contributed by atoms with E-state index in [0.29, 0.717) is 28.3 Å². The quantitative estimate of drug-likeness (QED) is 0.293. The number of terminal acetylenes is 1. The molecule has 204 valence electrons. The third kappa shape index (κ3) is 7.42. The van der Waals surface area contributed by atoms with Crippen LogP contribution in [-0.2, 0) is 14.3 Å². The van der Waals surface area contributed by atoms with E-state index >= 15 is 0 Å². The van der Waals surface area contributed by atoms with Crippen LogP contribution >= 0.6 is 11.6 Å². The topological polar surface area (TPSA) is 108 Å². The van der Waals surface area contributed by atoms with Crippen LogP contribution in [0, 0.1) is 32.2 Å². The third-order valence-electron chi connectivity index (χ3n) is 6.07. The second-order valence-corrected chi connectivity index (χ2v) is 10.6. The van der Waals surface area contributed by atoms with Crippen LogP contribution in [0.15, 0.2) is 36.4 Å². The molecule has 0 saturated heterocycles. The van der Waals surface area contributed by atoms with E-state index in [2.05, 4.69) is 16.7 Å². The Labute approximate surface area is 229 Å². The minimum Gasteiger partial charge on any atom is -0.507 e. The summed E-state index contributed by atoms with van der Waals surface area (Å²) in [5, 5.41) is 16.6. The number of amides is 3. The number of nitrogens with one attached hydrogen (secondary N) is 2. The van der Waals surface area contributed by atoms with Gasteiger partial charge in [0.15, 0.2) is 6.04 Å². The number of aryl methyl sites for hydroxylation is 2. The predicted molar refractivity (Wildman–Crippen MR) is 149 cm³/mol. The molecule has 2 aromatic rings. The molecule has 0 saturated carbocycles. The maximum absolute atomic E-state index is 13.9. The zero-order valence-corrected chi connectivity index (χ0v) is 23.6. The molecule has 0 spiro atoms. The summed E-state index contributed by atoms with van der Waals surface area (Å²) in [4.78, 5) is 41.2. The van der Waals surface area contributed by atoms with Crippen LogP contribution in [0.5, 0.6) is 5.75 Å². The monoisotopic (exact) mass is 541 g/mol. The van der Waals surface area contributed by atoms with Crippen LogP contribution in [0.3, 0.4) is 0 Å². The van der Waals surface area contributed by atoms with Crippen LogP contribution in [-0.4, -0.2) is 39.6 Å². The SMILES string of the molecule is C#CN(C(=O)C(NC(=O)OC(C)(C)C)C(C)CC)C(C(=O)Nc1c(C)cccc1Cl)c1cccc(C)c1O. The van der Waals surface area contributed by atoms with E-state index in [-0.39, 0.29) is 17.2 Å². The number of nitrogens with zero attached hydrogens (tertiary/aromatic N) is 1. The minimum atomic E-state index is -1.44. The molecule has 0 aliphatic heterocycles. The Kier molecular flexibility index (Phi) is 10.2. The van der Waals surface area contributed by atoms with Crippen LogP contribution in [0.4, 0.5) is 10.5 Å². The number of alkyl carbamates (subject to hydrolysis) is 1. The number of hydrogen-bond acceptors (Lipinski definition) is 5. The number of anilines is 1. The highest BCUT2D eigenvalue weighted by Gasteiger charge is 2.39. The van der Waals surface area contributed by atoms with Crippen molar-refractivity contribution in [3.63, 3.8) is 0 Å². The molecule has 2 rings (SSSR count). The van der Waals surface area contributed by atoms with E-state index in [1.165, 1.54) is 6.07 Å².